The lowest BCUT2D eigenvalue weighted by molar-refractivity contribution is -0.916. The molecule has 1 aromatic rings. The van der Waals surface area contributed by atoms with Crippen molar-refractivity contribution in [2.45, 2.75) is 6.42 Å². The average Bonchev–Trinajstić information content (AvgIpc) is 2.56. The van der Waals surface area contributed by atoms with Gasteiger partial charge in [-0.15, -0.1) is 0 Å². The quantitative estimate of drug-likeness (QED) is 0.156. The monoisotopic (exact) mass is 447 g/mol. The van der Waals surface area contributed by atoms with Crippen molar-refractivity contribution < 1.29 is 43.3 Å². The first kappa shape index (κ1) is 20.5. The van der Waals surface area contributed by atoms with Crippen LogP contribution in [-0.2, 0) is 4.74 Å². The predicted molar refractivity (Wildman–Crippen MR) is 87.6 cm³/mol. The number of halogens is 1. The first-order chi connectivity index (χ1) is 11.0. The number of non-ortho nitro benzene ring substituents is 1. The van der Waals surface area contributed by atoms with Gasteiger partial charge in [0.15, 0.2) is 0 Å². The Labute approximate surface area is 158 Å². The fourth-order valence-corrected chi connectivity index (χ4v) is 2.46. The summed E-state index contributed by atoms with van der Waals surface area (Å²) in [5, 5.41) is 23.1. The van der Waals surface area contributed by atoms with Gasteiger partial charge in [-0.25, -0.2) is 0 Å². The van der Waals surface area contributed by atoms with Gasteiger partial charge < -0.3 is 38.4 Å². The molecular formula is C16H22IN3O4. The Kier molecular flexibility index (Phi) is 8.29. The molecule has 0 aromatic heterocycles. The van der Waals surface area contributed by atoms with E-state index in [0.29, 0.717) is 12.1 Å². The molecule has 132 valence electrons. The van der Waals surface area contributed by atoms with Crippen molar-refractivity contribution >= 4 is 17.5 Å². The van der Waals surface area contributed by atoms with Crippen molar-refractivity contribution in [3.05, 3.63) is 46.0 Å². The fraction of sp³-hybridized carbons (Fsp3) is 0.438. The highest BCUT2D eigenvalue weighted by Crippen LogP contribution is 2.14. The van der Waals surface area contributed by atoms with E-state index in [1.54, 1.807) is 24.3 Å². The van der Waals surface area contributed by atoms with Gasteiger partial charge in [0.1, 0.15) is 13.1 Å². The smallest absolute Gasteiger partial charge is 0.269 e. The molecule has 0 atom stereocenters. The van der Waals surface area contributed by atoms with Crippen molar-refractivity contribution in [2.24, 2.45) is 5.16 Å². The van der Waals surface area contributed by atoms with E-state index in [4.69, 9.17) is 9.94 Å². The van der Waals surface area contributed by atoms with Crippen LogP contribution < -0.4 is 24.0 Å². The molecular weight excluding hydrogens is 425 g/mol. The topological polar surface area (TPSA) is 85.0 Å². The molecule has 7 nitrogen and oxygen atoms in total. The molecule has 1 heterocycles. The van der Waals surface area contributed by atoms with Crippen LogP contribution in [0.1, 0.15) is 12.0 Å². The Bertz CT molecular complexity index is 596. The number of quaternary nitrogens is 1. The molecule has 0 aliphatic carbocycles. The van der Waals surface area contributed by atoms with Crippen molar-refractivity contribution in [1.82, 2.24) is 0 Å². The van der Waals surface area contributed by atoms with E-state index < -0.39 is 4.92 Å². The van der Waals surface area contributed by atoms with Gasteiger partial charge in [-0.3, -0.25) is 10.1 Å². The van der Waals surface area contributed by atoms with Crippen LogP contribution in [0.25, 0.3) is 6.08 Å². The molecule has 1 aromatic carbocycles. The second-order valence-corrected chi connectivity index (χ2v) is 5.93. The first-order valence-electron chi connectivity index (χ1n) is 7.57. The second-order valence-electron chi connectivity index (χ2n) is 5.93. The van der Waals surface area contributed by atoms with Gasteiger partial charge in [-0.05, 0) is 23.8 Å². The molecule has 2 rings (SSSR count). The number of rotatable bonds is 6. The number of oxime groups is 1. The highest BCUT2D eigenvalue weighted by Gasteiger charge is 2.25. The van der Waals surface area contributed by atoms with E-state index in [1.165, 1.54) is 12.1 Å². The van der Waals surface area contributed by atoms with E-state index in [1.807, 2.05) is 0 Å². The molecule has 0 unspecified atom stereocenters. The number of hydrogen-bond donors (Lipinski definition) is 1. The number of nitrogens with zero attached hydrogens (tertiary/aromatic N) is 3. The van der Waals surface area contributed by atoms with Crippen LogP contribution in [0.4, 0.5) is 5.69 Å². The van der Waals surface area contributed by atoms with Gasteiger partial charge in [0.2, 0.25) is 0 Å². The van der Waals surface area contributed by atoms with Gasteiger partial charge in [-0.1, -0.05) is 11.2 Å². The number of nitro groups is 1. The third-order valence-electron chi connectivity index (χ3n) is 4.16. The van der Waals surface area contributed by atoms with Crippen molar-refractivity contribution in [3.63, 3.8) is 0 Å². The number of likely N-dealkylation sites (N-methyl/N-ethyl adjacent to an activating group) is 1. The van der Waals surface area contributed by atoms with E-state index in [9.17, 15) is 10.1 Å². The Hall–Kier alpha value is -1.52. The average molecular weight is 447 g/mol. The van der Waals surface area contributed by atoms with E-state index >= 15 is 0 Å². The number of allylic oxidation sites excluding steroid dienone is 1. The lowest BCUT2D eigenvalue weighted by atomic mass is 10.1. The van der Waals surface area contributed by atoms with Gasteiger partial charge in [-0.2, -0.15) is 0 Å². The molecule has 0 saturated carbocycles. The summed E-state index contributed by atoms with van der Waals surface area (Å²) in [5.74, 6) is 0. The molecule has 0 amide bonds. The van der Waals surface area contributed by atoms with Gasteiger partial charge in [0.05, 0.1) is 37.4 Å². The van der Waals surface area contributed by atoms with Gasteiger partial charge in [0, 0.05) is 18.6 Å². The van der Waals surface area contributed by atoms with Crippen LogP contribution in [0.2, 0.25) is 0 Å². The van der Waals surface area contributed by atoms with Gasteiger partial charge >= 0.3 is 0 Å². The van der Waals surface area contributed by atoms with Crippen LogP contribution in [0.5, 0.6) is 0 Å². The maximum absolute atomic E-state index is 10.6. The standard InChI is InChI=1S/C16H21N3O4.HI/c1-19(10-12-23-13-11-19)9-8-15(17-20)5-2-14-3-6-16(7-4-14)18(21)22;/h2-7H,8-13H2,1H3;1H/b5-2+,17-15-;. The Morgan fingerprint density at radius 1 is 1.38 bits per heavy atom. The summed E-state index contributed by atoms with van der Waals surface area (Å²) in [7, 11) is 2.18. The number of ether oxygens (including phenoxy) is 1. The Morgan fingerprint density at radius 2 is 2.00 bits per heavy atom. The van der Waals surface area contributed by atoms with Crippen LogP contribution in [0.15, 0.2) is 35.5 Å². The Morgan fingerprint density at radius 3 is 2.54 bits per heavy atom. The molecule has 24 heavy (non-hydrogen) atoms. The zero-order valence-corrected chi connectivity index (χ0v) is 15.8. The predicted octanol–water partition coefficient (Wildman–Crippen LogP) is -0.691. The van der Waals surface area contributed by atoms with Crippen LogP contribution in [0.3, 0.4) is 0 Å². The summed E-state index contributed by atoms with van der Waals surface area (Å²) in [6.45, 7) is 4.34. The minimum atomic E-state index is -0.430. The number of morpholine rings is 1. The summed E-state index contributed by atoms with van der Waals surface area (Å²) in [4.78, 5) is 10.2. The van der Waals surface area contributed by atoms with Crippen molar-refractivity contribution in [1.29, 1.82) is 0 Å². The maximum Gasteiger partial charge on any atom is 0.269 e. The number of benzene rings is 1. The SMILES string of the molecule is C[N+]1(CCC(/C=C/c2ccc([N+](=O)[O-])cc2)=N\O)CCOCC1.[I-]. The summed E-state index contributed by atoms with van der Waals surface area (Å²) in [6.07, 6.45) is 4.20. The van der Waals surface area contributed by atoms with Crippen molar-refractivity contribution in [3.8, 4) is 0 Å². The molecule has 1 N–H and O–H groups in total. The molecule has 1 aliphatic rings. The molecule has 0 radical (unpaired) electrons. The van der Waals surface area contributed by atoms with E-state index in [0.717, 1.165) is 42.9 Å². The first-order valence-corrected chi connectivity index (χ1v) is 7.57. The zero-order valence-electron chi connectivity index (χ0n) is 13.6. The minimum absolute atomic E-state index is 0. The maximum atomic E-state index is 10.6. The second kappa shape index (κ2) is 9.70. The fourth-order valence-electron chi connectivity index (χ4n) is 2.46. The zero-order chi connectivity index (χ0) is 16.7. The minimum Gasteiger partial charge on any atom is -1.00 e. The highest BCUT2D eigenvalue weighted by atomic mass is 127. The van der Waals surface area contributed by atoms with E-state index in [-0.39, 0.29) is 29.7 Å². The van der Waals surface area contributed by atoms with Crippen LogP contribution >= 0.6 is 0 Å². The third-order valence-corrected chi connectivity index (χ3v) is 4.16. The molecule has 1 saturated heterocycles. The molecule has 8 heteroatoms. The highest BCUT2D eigenvalue weighted by molar-refractivity contribution is 5.97. The van der Waals surface area contributed by atoms with Crippen molar-refractivity contribution in [2.75, 3.05) is 39.9 Å². The molecule has 0 spiro atoms. The number of hydrogen-bond acceptors (Lipinski definition) is 5. The summed E-state index contributed by atoms with van der Waals surface area (Å²) < 4.78 is 6.28. The summed E-state index contributed by atoms with van der Waals surface area (Å²) in [6, 6.07) is 6.24. The normalized spacial score (nSPS) is 17.5. The molecule has 1 aliphatic heterocycles. The third kappa shape index (κ3) is 6.17. The summed E-state index contributed by atoms with van der Waals surface area (Å²) >= 11 is 0. The van der Waals surface area contributed by atoms with Gasteiger partial charge in [0.25, 0.3) is 5.69 Å². The molecule has 0 bridgehead atoms. The lowest BCUT2D eigenvalue weighted by Crippen LogP contribution is -3.00. The van der Waals surface area contributed by atoms with Crippen LogP contribution in [0, 0.1) is 10.1 Å². The Balaban J connectivity index is 0.00000288. The molecule has 1 fully saturated rings. The number of nitro benzene ring substituents is 1. The van der Waals surface area contributed by atoms with E-state index in [2.05, 4.69) is 12.2 Å². The summed E-state index contributed by atoms with van der Waals surface area (Å²) in [5.41, 5.74) is 1.47. The lowest BCUT2D eigenvalue weighted by Gasteiger charge is -2.37. The largest absolute Gasteiger partial charge is 1.00 e. The van der Waals surface area contributed by atoms with Crippen LogP contribution in [-0.4, -0.2) is 60.2 Å².